The first-order valence-electron chi connectivity index (χ1n) is 8.24. The molecule has 0 aromatic heterocycles. The first-order valence-corrected chi connectivity index (χ1v) is 9.00. The van der Waals surface area contributed by atoms with E-state index in [4.69, 9.17) is 23.2 Å². The van der Waals surface area contributed by atoms with E-state index in [-0.39, 0.29) is 11.4 Å². The summed E-state index contributed by atoms with van der Waals surface area (Å²) in [6, 6.07) is 9.20. The molecule has 1 saturated heterocycles. The summed E-state index contributed by atoms with van der Waals surface area (Å²) in [5, 5.41) is 23.3. The molecule has 142 valence electrons. The van der Waals surface area contributed by atoms with Gasteiger partial charge in [-0.25, -0.2) is 0 Å². The molecule has 0 radical (unpaired) electrons. The number of hydrogen-bond acceptors (Lipinski definition) is 6. The van der Waals surface area contributed by atoms with Gasteiger partial charge in [-0.2, -0.15) is 0 Å². The van der Waals surface area contributed by atoms with Gasteiger partial charge >= 0.3 is 0 Å². The van der Waals surface area contributed by atoms with E-state index in [2.05, 4.69) is 0 Å². The minimum absolute atomic E-state index is 0.0478. The quantitative estimate of drug-likeness (QED) is 0.542. The van der Waals surface area contributed by atoms with Gasteiger partial charge in [-0.1, -0.05) is 23.2 Å². The van der Waals surface area contributed by atoms with Gasteiger partial charge in [0.2, 0.25) is 0 Å². The Hall–Kier alpha value is -2.58. The number of nitro benzene ring substituents is 2. The molecule has 2 aromatic rings. The van der Waals surface area contributed by atoms with E-state index in [1.807, 2.05) is 9.80 Å². The van der Waals surface area contributed by atoms with Crippen molar-refractivity contribution in [1.82, 2.24) is 0 Å². The standard InChI is InChI=1S/C17H16Cl2N4O4/c18-12-2-4-14(16(10-12)22(24)25)20-6-1-7-21(9-8-20)15-5-3-13(19)11-17(15)23(26)27/h2-5,10-11H,1,6-9H2. The predicted octanol–water partition coefficient (Wildman–Crippen LogP) is 4.53. The number of benzene rings is 2. The molecule has 8 nitrogen and oxygen atoms in total. The van der Waals surface area contributed by atoms with Crippen LogP contribution in [-0.4, -0.2) is 36.0 Å². The van der Waals surface area contributed by atoms with Crippen molar-refractivity contribution in [3.8, 4) is 0 Å². The maximum atomic E-state index is 11.4. The van der Waals surface area contributed by atoms with Gasteiger partial charge in [0.25, 0.3) is 11.4 Å². The van der Waals surface area contributed by atoms with E-state index in [1.54, 1.807) is 24.3 Å². The molecule has 1 fully saturated rings. The van der Waals surface area contributed by atoms with Crippen molar-refractivity contribution in [3.05, 3.63) is 66.7 Å². The van der Waals surface area contributed by atoms with Crippen molar-refractivity contribution in [2.24, 2.45) is 0 Å². The highest BCUT2D eigenvalue weighted by Crippen LogP contribution is 2.34. The Kier molecular flexibility index (Phi) is 5.67. The van der Waals surface area contributed by atoms with Crippen LogP contribution in [0.1, 0.15) is 6.42 Å². The van der Waals surface area contributed by atoms with Crippen molar-refractivity contribution in [2.75, 3.05) is 36.0 Å². The lowest BCUT2D eigenvalue weighted by atomic mass is 10.2. The van der Waals surface area contributed by atoms with E-state index < -0.39 is 9.85 Å². The summed E-state index contributed by atoms with van der Waals surface area (Å²) in [5.74, 6) is 0. The maximum absolute atomic E-state index is 11.4. The predicted molar refractivity (Wildman–Crippen MR) is 105 cm³/mol. The second-order valence-corrected chi connectivity index (χ2v) is 6.98. The van der Waals surface area contributed by atoms with Crippen LogP contribution in [0.2, 0.25) is 10.0 Å². The average Bonchev–Trinajstić information content (AvgIpc) is 2.87. The molecule has 27 heavy (non-hydrogen) atoms. The van der Waals surface area contributed by atoms with Gasteiger partial charge in [-0.3, -0.25) is 20.2 Å². The summed E-state index contributed by atoms with van der Waals surface area (Å²) in [5.41, 5.74) is 0.899. The first kappa shape index (κ1) is 19.2. The zero-order chi connectivity index (χ0) is 19.6. The van der Waals surface area contributed by atoms with E-state index in [9.17, 15) is 20.2 Å². The molecule has 0 aliphatic carbocycles. The molecule has 0 atom stereocenters. The lowest BCUT2D eigenvalue weighted by molar-refractivity contribution is -0.384. The second-order valence-electron chi connectivity index (χ2n) is 6.11. The number of nitro groups is 2. The van der Waals surface area contributed by atoms with Crippen molar-refractivity contribution >= 4 is 46.0 Å². The summed E-state index contributed by atoms with van der Waals surface area (Å²) >= 11 is 11.8. The minimum atomic E-state index is -0.450. The maximum Gasteiger partial charge on any atom is 0.294 e. The lowest BCUT2D eigenvalue weighted by Gasteiger charge is -2.24. The molecular weight excluding hydrogens is 395 g/mol. The highest BCUT2D eigenvalue weighted by atomic mass is 35.5. The smallest absolute Gasteiger partial charge is 0.294 e. The van der Waals surface area contributed by atoms with Crippen molar-refractivity contribution in [3.63, 3.8) is 0 Å². The Morgan fingerprint density at radius 1 is 0.741 bits per heavy atom. The molecule has 0 N–H and O–H groups in total. The molecule has 0 bridgehead atoms. The van der Waals surface area contributed by atoms with Crippen LogP contribution >= 0.6 is 23.2 Å². The lowest BCUT2D eigenvalue weighted by Crippen LogP contribution is -2.31. The van der Waals surface area contributed by atoms with E-state index in [0.717, 1.165) is 0 Å². The zero-order valence-electron chi connectivity index (χ0n) is 14.2. The Balaban J connectivity index is 1.85. The van der Waals surface area contributed by atoms with Crippen molar-refractivity contribution in [1.29, 1.82) is 0 Å². The van der Waals surface area contributed by atoms with E-state index in [1.165, 1.54) is 12.1 Å². The molecule has 0 saturated carbocycles. The Bertz CT molecular complexity index is 822. The van der Waals surface area contributed by atoms with Crippen LogP contribution in [0, 0.1) is 20.2 Å². The topological polar surface area (TPSA) is 92.8 Å². The van der Waals surface area contributed by atoms with Gasteiger partial charge in [0.15, 0.2) is 0 Å². The molecule has 1 aliphatic rings. The summed E-state index contributed by atoms with van der Waals surface area (Å²) in [4.78, 5) is 25.6. The molecule has 0 amide bonds. The Labute approximate surface area is 165 Å². The van der Waals surface area contributed by atoms with Crippen LogP contribution < -0.4 is 9.80 Å². The Morgan fingerprint density at radius 3 is 1.52 bits per heavy atom. The monoisotopic (exact) mass is 410 g/mol. The minimum Gasteiger partial charge on any atom is -0.364 e. The van der Waals surface area contributed by atoms with Crippen LogP contribution in [0.25, 0.3) is 0 Å². The fourth-order valence-corrected chi connectivity index (χ4v) is 3.55. The third-order valence-electron chi connectivity index (χ3n) is 4.45. The molecule has 2 aromatic carbocycles. The molecule has 0 unspecified atom stereocenters. The summed E-state index contributed by atoms with van der Waals surface area (Å²) in [6.45, 7) is 2.17. The average molecular weight is 411 g/mol. The SMILES string of the molecule is O=[N+]([O-])c1cc(Cl)ccc1N1CCCN(c2ccc(Cl)cc2[N+](=O)[O-])CC1. The largest absolute Gasteiger partial charge is 0.364 e. The summed E-state index contributed by atoms with van der Waals surface area (Å²) in [6.07, 6.45) is 0.694. The molecule has 0 spiro atoms. The summed E-state index contributed by atoms with van der Waals surface area (Å²) < 4.78 is 0. The highest BCUT2D eigenvalue weighted by Gasteiger charge is 2.25. The zero-order valence-corrected chi connectivity index (χ0v) is 15.7. The van der Waals surface area contributed by atoms with Crippen LogP contribution in [0.5, 0.6) is 0 Å². The highest BCUT2D eigenvalue weighted by molar-refractivity contribution is 6.31. The van der Waals surface area contributed by atoms with Crippen molar-refractivity contribution in [2.45, 2.75) is 6.42 Å². The number of hydrogen-bond donors (Lipinski definition) is 0. The van der Waals surface area contributed by atoms with Crippen LogP contribution in [-0.2, 0) is 0 Å². The van der Waals surface area contributed by atoms with Gasteiger partial charge in [-0.15, -0.1) is 0 Å². The Morgan fingerprint density at radius 2 is 1.15 bits per heavy atom. The molecule has 1 aliphatic heterocycles. The molecule has 3 rings (SSSR count). The van der Waals surface area contributed by atoms with E-state index >= 15 is 0 Å². The molecule has 10 heteroatoms. The normalized spacial score (nSPS) is 14.7. The van der Waals surface area contributed by atoms with Crippen molar-refractivity contribution < 1.29 is 9.85 Å². The number of nitrogens with zero attached hydrogens (tertiary/aromatic N) is 4. The fraction of sp³-hybridized carbons (Fsp3) is 0.294. The summed E-state index contributed by atoms with van der Waals surface area (Å²) in [7, 11) is 0. The third kappa shape index (κ3) is 4.23. The second kappa shape index (κ2) is 7.98. The van der Waals surface area contributed by atoms with Gasteiger partial charge in [0, 0.05) is 48.4 Å². The molecular formula is C17H16Cl2N4O4. The van der Waals surface area contributed by atoms with Gasteiger partial charge in [0.05, 0.1) is 9.85 Å². The molecule has 1 heterocycles. The first-order chi connectivity index (χ1) is 12.9. The third-order valence-corrected chi connectivity index (χ3v) is 4.92. The van der Waals surface area contributed by atoms with E-state index in [0.29, 0.717) is 54.0 Å². The van der Waals surface area contributed by atoms with Crippen LogP contribution in [0.3, 0.4) is 0 Å². The fourth-order valence-electron chi connectivity index (χ4n) is 3.22. The van der Waals surface area contributed by atoms with Gasteiger partial charge < -0.3 is 9.80 Å². The van der Waals surface area contributed by atoms with Gasteiger partial charge in [0.1, 0.15) is 11.4 Å². The van der Waals surface area contributed by atoms with Crippen LogP contribution in [0.15, 0.2) is 36.4 Å². The van der Waals surface area contributed by atoms with Gasteiger partial charge in [-0.05, 0) is 30.7 Å². The number of rotatable bonds is 4. The van der Waals surface area contributed by atoms with Crippen LogP contribution in [0.4, 0.5) is 22.7 Å². The number of halogens is 2. The number of anilines is 2.